The summed E-state index contributed by atoms with van der Waals surface area (Å²) in [5, 5.41) is 15.1. The first-order chi connectivity index (χ1) is 19.1. The monoisotopic (exact) mass is 562 g/mol. The number of piperazine rings is 1. The number of thiazole rings is 1. The van der Waals surface area contributed by atoms with Crippen LogP contribution in [-0.2, 0) is 11.2 Å². The van der Waals surface area contributed by atoms with E-state index in [1.54, 1.807) is 21.5 Å². The number of aryl methyl sites for hydroxylation is 1. The zero-order valence-electron chi connectivity index (χ0n) is 23.2. The molecule has 0 atom stereocenters. The van der Waals surface area contributed by atoms with Gasteiger partial charge < -0.3 is 19.4 Å². The molecule has 4 heterocycles. The van der Waals surface area contributed by atoms with Crippen molar-refractivity contribution < 1.29 is 13.9 Å². The van der Waals surface area contributed by atoms with Crippen molar-refractivity contribution in [3.8, 4) is 17.3 Å². The second kappa shape index (κ2) is 10.7. The second-order valence-electron chi connectivity index (χ2n) is 10.5. The third kappa shape index (κ3) is 5.42. The van der Waals surface area contributed by atoms with Crippen molar-refractivity contribution in [2.24, 2.45) is 0 Å². The van der Waals surface area contributed by atoms with Gasteiger partial charge in [-0.2, -0.15) is 10.4 Å². The van der Waals surface area contributed by atoms with Gasteiger partial charge in [-0.15, -0.1) is 0 Å². The van der Waals surface area contributed by atoms with Crippen molar-refractivity contribution in [2.45, 2.75) is 39.7 Å². The predicted molar refractivity (Wildman–Crippen MR) is 153 cm³/mol. The normalized spacial score (nSPS) is 13.9. The summed E-state index contributed by atoms with van der Waals surface area (Å²) in [4.78, 5) is 28.4. The Balaban J connectivity index is 1.43. The molecule has 0 radical (unpaired) electrons. The van der Waals surface area contributed by atoms with Crippen LogP contribution in [0, 0.1) is 17.1 Å². The quantitative estimate of drug-likeness (QED) is 0.325. The predicted octanol–water partition coefficient (Wildman–Crippen LogP) is 5.25. The Bertz CT molecular complexity index is 1580. The average Bonchev–Trinajstić information content (AvgIpc) is 3.53. The lowest BCUT2D eigenvalue weighted by Gasteiger charge is -2.36. The van der Waals surface area contributed by atoms with Crippen LogP contribution in [0.15, 0.2) is 36.5 Å². The summed E-state index contributed by atoms with van der Waals surface area (Å²) in [5.41, 5.74) is 2.98. The molecule has 10 nitrogen and oxygen atoms in total. The van der Waals surface area contributed by atoms with Gasteiger partial charge in [0.2, 0.25) is 0 Å². The molecule has 1 aromatic carbocycles. The van der Waals surface area contributed by atoms with Crippen molar-refractivity contribution in [3.05, 3.63) is 52.9 Å². The number of ether oxygens (including phenoxy) is 1. The molecule has 4 aromatic rings. The second-order valence-corrected chi connectivity index (χ2v) is 11.5. The van der Waals surface area contributed by atoms with E-state index in [1.807, 2.05) is 51.9 Å². The first-order valence-electron chi connectivity index (χ1n) is 13.1. The summed E-state index contributed by atoms with van der Waals surface area (Å²) < 4.78 is 20.8. The van der Waals surface area contributed by atoms with Crippen molar-refractivity contribution >= 4 is 39.7 Å². The van der Waals surface area contributed by atoms with Gasteiger partial charge in [-0.1, -0.05) is 18.3 Å². The van der Waals surface area contributed by atoms with Crippen LogP contribution in [0.3, 0.4) is 0 Å². The number of nitriles is 1. The maximum Gasteiger partial charge on any atom is 0.410 e. The number of benzene rings is 1. The SMILES string of the molecule is CCc1nn2ccc(N3CCN(C(=O)OC(C)(C)C)CC3)nc2c1N(C)c1nc(-c2ccc(F)cc2)c(C#N)s1. The first kappa shape index (κ1) is 27.3. The number of fused-ring (bicyclic) bond motifs is 1. The topological polar surface area (TPSA) is 103 Å². The van der Waals surface area contributed by atoms with Crippen LogP contribution >= 0.6 is 11.3 Å². The van der Waals surface area contributed by atoms with Crippen LogP contribution in [0.1, 0.15) is 38.3 Å². The maximum absolute atomic E-state index is 13.5. The molecule has 1 fully saturated rings. The number of nitrogens with zero attached hydrogens (tertiary/aromatic N) is 8. The molecule has 1 aliphatic rings. The molecular weight excluding hydrogens is 531 g/mol. The molecule has 1 saturated heterocycles. The summed E-state index contributed by atoms with van der Waals surface area (Å²) in [6.07, 6.45) is 2.26. The van der Waals surface area contributed by atoms with E-state index in [4.69, 9.17) is 19.8 Å². The number of carbonyl (C=O) groups is 1. The standard InChI is InChI=1S/C28H31FN8O2S/c1-6-20-24(34(5)26-32-23(21(17-30)40-26)18-7-9-19(29)10-8-18)25-31-22(11-12-37(25)33-20)35-13-15-36(16-14-35)27(38)39-28(2,3)4/h7-12H,6,13-16H2,1-5H3. The fourth-order valence-corrected chi connectivity index (χ4v) is 5.44. The minimum absolute atomic E-state index is 0.303. The Morgan fingerprint density at radius 1 is 1.15 bits per heavy atom. The lowest BCUT2D eigenvalue weighted by molar-refractivity contribution is 0.0240. The Labute approximate surface area is 236 Å². The van der Waals surface area contributed by atoms with Crippen LogP contribution in [-0.4, -0.2) is 69.4 Å². The number of hydrogen-bond acceptors (Lipinski definition) is 9. The molecular formula is C28H31FN8O2S. The zero-order chi connectivity index (χ0) is 28.6. The Morgan fingerprint density at radius 3 is 2.48 bits per heavy atom. The minimum atomic E-state index is -0.534. The molecule has 1 aliphatic heterocycles. The Kier molecular flexibility index (Phi) is 7.33. The van der Waals surface area contributed by atoms with Crippen LogP contribution in [0.2, 0.25) is 0 Å². The average molecular weight is 563 g/mol. The van der Waals surface area contributed by atoms with Gasteiger partial charge in [0.05, 0.1) is 5.69 Å². The zero-order valence-corrected chi connectivity index (χ0v) is 24.0. The number of carbonyl (C=O) groups excluding carboxylic acids is 1. The third-order valence-electron chi connectivity index (χ3n) is 6.56. The number of rotatable bonds is 5. The van der Waals surface area contributed by atoms with Crippen LogP contribution in [0.5, 0.6) is 0 Å². The van der Waals surface area contributed by atoms with Gasteiger partial charge in [0, 0.05) is 45.0 Å². The summed E-state index contributed by atoms with van der Waals surface area (Å²) in [5.74, 6) is 0.444. The Hall–Kier alpha value is -4.24. The molecule has 0 saturated carbocycles. The molecule has 40 heavy (non-hydrogen) atoms. The molecule has 0 bridgehead atoms. The van der Waals surface area contributed by atoms with Crippen molar-refractivity contribution in [3.63, 3.8) is 0 Å². The van der Waals surface area contributed by atoms with Crippen LogP contribution in [0.25, 0.3) is 16.9 Å². The van der Waals surface area contributed by atoms with Gasteiger partial charge in [0.1, 0.15) is 39.6 Å². The first-order valence-corrected chi connectivity index (χ1v) is 13.9. The van der Waals surface area contributed by atoms with E-state index in [2.05, 4.69) is 11.0 Å². The van der Waals surface area contributed by atoms with Gasteiger partial charge in [-0.25, -0.2) is 23.7 Å². The molecule has 3 aromatic heterocycles. The molecule has 0 unspecified atom stereocenters. The summed E-state index contributed by atoms with van der Waals surface area (Å²) in [6.45, 7) is 9.95. The highest BCUT2D eigenvalue weighted by atomic mass is 32.1. The van der Waals surface area contributed by atoms with Crippen LogP contribution < -0.4 is 9.80 Å². The minimum Gasteiger partial charge on any atom is -0.444 e. The third-order valence-corrected chi connectivity index (χ3v) is 7.60. The smallest absolute Gasteiger partial charge is 0.410 e. The van der Waals surface area contributed by atoms with E-state index in [1.165, 1.54) is 23.5 Å². The lowest BCUT2D eigenvalue weighted by Crippen LogP contribution is -2.50. The van der Waals surface area contributed by atoms with E-state index in [0.29, 0.717) is 59.5 Å². The highest BCUT2D eigenvalue weighted by Gasteiger charge is 2.28. The van der Waals surface area contributed by atoms with E-state index < -0.39 is 5.60 Å². The molecule has 0 spiro atoms. The van der Waals surface area contributed by atoms with Crippen molar-refractivity contribution in [1.29, 1.82) is 5.26 Å². The lowest BCUT2D eigenvalue weighted by atomic mass is 10.1. The molecule has 0 N–H and O–H groups in total. The highest BCUT2D eigenvalue weighted by molar-refractivity contribution is 7.16. The number of hydrogen-bond donors (Lipinski definition) is 0. The van der Waals surface area contributed by atoms with Crippen molar-refractivity contribution in [2.75, 3.05) is 43.0 Å². The van der Waals surface area contributed by atoms with E-state index in [0.717, 1.165) is 17.2 Å². The number of halogens is 1. The molecule has 12 heteroatoms. The van der Waals surface area contributed by atoms with Crippen LogP contribution in [0.4, 0.5) is 25.8 Å². The molecule has 1 amide bonds. The summed E-state index contributed by atoms with van der Waals surface area (Å²) >= 11 is 1.27. The van der Waals surface area contributed by atoms with Crippen molar-refractivity contribution in [1.82, 2.24) is 24.5 Å². The molecule has 208 valence electrons. The maximum atomic E-state index is 13.5. The van der Waals surface area contributed by atoms with E-state index >= 15 is 0 Å². The van der Waals surface area contributed by atoms with Gasteiger partial charge in [-0.3, -0.25) is 0 Å². The number of amides is 1. The van der Waals surface area contributed by atoms with Gasteiger partial charge in [0.25, 0.3) is 0 Å². The molecule has 5 rings (SSSR count). The van der Waals surface area contributed by atoms with E-state index in [-0.39, 0.29) is 11.9 Å². The van der Waals surface area contributed by atoms with Gasteiger partial charge in [0.15, 0.2) is 10.8 Å². The summed E-state index contributed by atoms with van der Waals surface area (Å²) in [6, 6.07) is 10.1. The summed E-state index contributed by atoms with van der Waals surface area (Å²) in [7, 11) is 1.89. The Morgan fingerprint density at radius 2 is 1.85 bits per heavy atom. The highest BCUT2D eigenvalue weighted by Crippen LogP contribution is 2.38. The van der Waals surface area contributed by atoms with Gasteiger partial charge >= 0.3 is 6.09 Å². The van der Waals surface area contributed by atoms with Gasteiger partial charge in [-0.05, 0) is 57.5 Å². The number of anilines is 3. The fraction of sp³-hybridized carbons (Fsp3) is 0.393. The van der Waals surface area contributed by atoms with E-state index in [9.17, 15) is 14.4 Å². The number of aromatic nitrogens is 4. The fourth-order valence-electron chi connectivity index (χ4n) is 4.58. The largest absolute Gasteiger partial charge is 0.444 e. The molecule has 0 aliphatic carbocycles.